The van der Waals surface area contributed by atoms with E-state index >= 15 is 0 Å². The van der Waals surface area contributed by atoms with Gasteiger partial charge in [0.2, 0.25) is 0 Å². The molecule has 0 aliphatic carbocycles. The first-order valence-corrected chi connectivity index (χ1v) is 6.03. The van der Waals surface area contributed by atoms with E-state index in [4.69, 9.17) is 4.74 Å². The van der Waals surface area contributed by atoms with Crippen LogP contribution in [0.5, 0.6) is 0 Å². The number of piperidine rings is 1. The maximum Gasteiger partial charge on any atom is 0.138 e. The maximum absolute atomic E-state index is 11.4. The normalized spacial score (nSPS) is 38.5. The zero-order valence-corrected chi connectivity index (χ0v) is 9.74. The molecular formula is C12H21NO2. The van der Waals surface area contributed by atoms with Crippen molar-refractivity contribution in [1.82, 2.24) is 4.90 Å². The summed E-state index contributed by atoms with van der Waals surface area (Å²) in [7, 11) is 0. The lowest BCUT2D eigenvalue weighted by atomic mass is 9.95. The summed E-state index contributed by atoms with van der Waals surface area (Å²) >= 11 is 0. The van der Waals surface area contributed by atoms with Crippen molar-refractivity contribution < 1.29 is 9.53 Å². The summed E-state index contributed by atoms with van der Waals surface area (Å²) < 4.78 is 5.56. The average Bonchev–Trinajstić information content (AvgIpc) is 2.59. The largest absolute Gasteiger partial charge is 0.378 e. The lowest BCUT2D eigenvalue weighted by molar-refractivity contribution is -0.125. The Morgan fingerprint density at radius 1 is 1.47 bits per heavy atom. The fourth-order valence-electron chi connectivity index (χ4n) is 2.61. The molecule has 15 heavy (non-hydrogen) atoms. The smallest absolute Gasteiger partial charge is 0.138 e. The molecule has 86 valence electrons. The van der Waals surface area contributed by atoms with Crippen molar-refractivity contribution in [2.24, 2.45) is 11.8 Å². The minimum atomic E-state index is 0.233. The zero-order valence-electron chi connectivity index (χ0n) is 9.74. The summed E-state index contributed by atoms with van der Waals surface area (Å²) in [5.74, 6) is 1.34. The van der Waals surface area contributed by atoms with Gasteiger partial charge in [-0.25, -0.2) is 0 Å². The Balaban J connectivity index is 1.82. The number of likely N-dealkylation sites (tertiary alicyclic amines) is 1. The van der Waals surface area contributed by atoms with Crippen molar-refractivity contribution >= 4 is 5.78 Å². The second-order valence-corrected chi connectivity index (χ2v) is 5.00. The van der Waals surface area contributed by atoms with Gasteiger partial charge >= 0.3 is 0 Å². The standard InChI is InChI=1S/C12H21NO2/c1-9-7-13(5-3-12(9)14)8-11-4-6-15-10(11)2/h9-11H,3-8H2,1-2H3. The Morgan fingerprint density at radius 3 is 2.87 bits per heavy atom. The third kappa shape index (κ3) is 2.58. The van der Waals surface area contributed by atoms with E-state index < -0.39 is 0 Å². The van der Waals surface area contributed by atoms with Gasteiger partial charge in [-0.2, -0.15) is 0 Å². The molecule has 0 radical (unpaired) electrons. The SMILES string of the molecule is CC1CN(CC2CCOC2C)CCC1=O. The van der Waals surface area contributed by atoms with E-state index in [2.05, 4.69) is 11.8 Å². The Morgan fingerprint density at radius 2 is 2.27 bits per heavy atom. The summed E-state index contributed by atoms with van der Waals surface area (Å²) in [4.78, 5) is 13.8. The van der Waals surface area contributed by atoms with Gasteiger partial charge in [-0.05, 0) is 19.3 Å². The van der Waals surface area contributed by atoms with Crippen molar-refractivity contribution in [3.63, 3.8) is 0 Å². The van der Waals surface area contributed by atoms with Gasteiger partial charge in [0, 0.05) is 38.6 Å². The van der Waals surface area contributed by atoms with Gasteiger partial charge < -0.3 is 9.64 Å². The third-order valence-electron chi connectivity index (χ3n) is 3.78. The number of hydrogen-bond acceptors (Lipinski definition) is 3. The van der Waals surface area contributed by atoms with Crippen LogP contribution in [0.4, 0.5) is 0 Å². The van der Waals surface area contributed by atoms with Crippen LogP contribution >= 0.6 is 0 Å². The molecule has 2 aliphatic rings. The van der Waals surface area contributed by atoms with E-state index in [-0.39, 0.29) is 5.92 Å². The van der Waals surface area contributed by atoms with Crippen molar-refractivity contribution in [2.45, 2.75) is 32.8 Å². The van der Waals surface area contributed by atoms with E-state index in [1.54, 1.807) is 0 Å². The molecule has 2 fully saturated rings. The molecule has 0 bridgehead atoms. The maximum atomic E-state index is 11.4. The van der Waals surface area contributed by atoms with Gasteiger partial charge in [0.05, 0.1) is 6.10 Å². The third-order valence-corrected chi connectivity index (χ3v) is 3.78. The molecule has 0 saturated carbocycles. The monoisotopic (exact) mass is 211 g/mol. The van der Waals surface area contributed by atoms with Crippen LogP contribution in [0, 0.1) is 11.8 Å². The molecule has 0 aromatic carbocycles. The highest BCUT2D eigenvalue weighted by Crippen LogP contribution is 2.23. The summed E-state index contributed by atoms with van der Waals surface area (Å²) in [6.45, 7) is 8.13. The molecule has 3 nitrogen and oxygen atoms in total. The predicted molar refractivity (Wildman–Crippen MR) is 58.7 cm³/mol. The fourth-order valence-corrected chi connectivity index (χ4v) is 2.61. The Bertz CT molecular complexity index is 242. The predicted octanol–water partition coefficient (Wildman–Crippen LogP) is 1.32. The fraction of sp³-hybridized carbons (Fsp3) is 0.917. The van der Waals surface area contributed by atoms with Crippen LogP contribution in [-0.2, 0) is 9.53 Å². The van der Waals surface area contributed by atoms with Crippen molar-refractivity contribution in [3.05, 3.63) is 0 Å². The Labute approximate surface area is 91.8 Å². The van der Waals surface area contributed by atoms with Crippen LogP contribution in [-0.4, -0.2) is 43.0 Å². The molecule has 0 spiro atoms. The summed E-state index contributed by atoms with van der Waals surface area (Å²) in [5, 5.41) is 0. The summed E-state index contributed by atoms with van der Waals surface area (Å²) in [6.07, 6.45) is 2.32. The average molecular weight is 211 g/mol. The van der Waals surface area contributed by atoms with Crippen LogP contribution in [0.25, 0.3) is 0 Å². The van der Waals surface area contributed by atoms with Crippen LogP contribution in [0.15, 0.2) is 0 Å². The Kier molecular flexibility index (Phi) is 3.42. The van der Waals surface area contributed by atoms with Crippen LogP contribution < -0.4 is 0 Å². The lowest BCUT2D eigenvalue weighted by Gasteiger charge is -2.32. The number of carbonyl (C=O) groups is 1. The minimum Gasteiger partial charge on any atom is -0.378 e. The first kappa shape index (κ1) is 11.1. The summed E-state index contributed by atoms with van der Waals surface area (Å²) in [6, 6.07) is 0. The van der Waals surface area contributed by atoms with Crippen molar-refractivity contribution in [1.29, 1.82) is 0 Å². The van der Waals surface area contributed by atoms with E-state index in [0.717, 1.165) is 32.7 Å². The summed E-state index contributed by atoms with van der Waals surface area (Å²) in [5.41, 5.74) is 0. The second-order valence-electron chi connectivity index (χ2n) is 5.00. The lowest BCUT2D eigenvalue weighted by Crippen LogP contribution is -2.42. The van der Waals surface area contributed by atoms with Gasteiger partial charge in [0.25, 0.3) is 0 Å². The molecule has 0 aromatic rings. The topological polar surface area (TPSA) is 29.5 Å². The molecule has 3 atom stereocenters. The molecule has 0 amide bonds. The number of rotatable bonds is 2. The highest BCUT2D eigenvalue weighted by molar-refractivity contribution is 5.81. The molecule has 3 heteroatoms. The molecule has 2 heterocycles. The number of ether oxygens (including phenoxy) is 1. The highest BCUT2D eigenvalue weighted by Gasteiger charge is 2.29. The van der Waals surface area contributed by atoms with Gasteiger partial charge in [-0.1, -0.05) is 6.92 Å². The number of hydrogen-bond donors (Lipinski definition) is 0. The van der Waals surface area contributed by atoms with Crippen LogP contribution in [0.3, 0.4) is 0 Å². The van der Waals surface area contributed by atoms with E-state index in [1.807, 2.05) is 6.92 Å². The van der Waals surface area contributed by atoms with E-state index in [9.17, 15) is 4.79 Å². The molecule has 0 aromatic heterocycles. The molecule has 2 aliphatic heterocycles. The van der Waals surface area contributed by atoms with Crippen molar-refractivity contribution in [3.8, 4) is 0 Å². The number of Topliss-reactive ketones (excluding diaryl/α,β-unsaturated/α-hetero) is 1. The van der Waals surface area contributed by atoms with Gasteiger partial charge in [0.1, 0.15) is 5.78 Å². The number of nitrogens with zero attached hydrogens (tertiary/aromatic N) is 1. The highest BCUT2D eigenvalue weighted by atomic mass is 16.5. The van der Waals surface area contributed by atoms with Gasteiger partial charge in [0.15, 0.2) is 0 Å². The molecule has 2 saturated heterocycles. The quantitative estimate of drug-likeness (QED) is 0.690. The molecular weight excluding hydrogens is 190 g/mol. The number of ketones is 1. The first-order valence-electron chi connectivity index (χ1n) is 6.03. The number of carbonyl (C=O) groups excluding carboxylic acids is 1. The van der Waals surface area contributed by atoms with Crippen LogP contribution in [0.2, 0.25) is 0 Å². The van der Waals surface area contributed by atoms with Crippen LogP contribution in [0.1, 0.15) is 26.7 Å². The molecule has 2 rings (SSSR count). The minimum absolute atomic E-state index is 0.233. The van der Waals surface area contributed by atoms with Crippen molar-refractivity contribution in [2.75, 3.05) is 26.2 Å². The first-order chi connectivity index (χ1) is 7.16. The van der Waals surface area contributed by atoms with Gasteiger partial charge in [-0.15, -0.1) is 0 Å². The zero-order chi connectivity index (χ0) is 10.8. The van der Waals surface area contributed by atoms with E-state index in [0.29, 0.717) is 17.8 Å². The van der Waals surface area contributed by atoms with Gasteiger partial charge in [-0.3, -0.25) is 4.79 Å². The second kappa shape index (κ2) is 4.62. The Hall–Kier alpha value is -0.410. The molecule has 0 N–H and O–H groups in total. The molecule has 3 unspecified atom stereocenters. The van der Waals surface area contributed by atoms with E-state index in [1.165, 1.54) is 6.42 Å².